The van der Waals surface area contributed by atoms with Crippen LogP contribution in [0.5, 0.6) is 0 Å². The second-order valence-electron chi connectivity index (χ2n) is 4.35. The molecule has 3 rings (SSSR count). The lowest BCUT2D eigenvalue weighted by atomic mass is 10.2. The predicted octanol–water partition coefficient (Wildman–Crippen LogP) is 3.94. The average molecular weight is 331 g/mol. The van der Waals surface area contributed by atoms with Crippen LogP contribution in [0.1, 0.15) is 19.3 Å². The average Bonchev–Trinajstić information content (AvgIpc) is 3.17. The zero-order valence-corrected chi connectivity index (χ0v) is 12.6. The van der Waals surface area contributed by atoms with E-state index in [1.165, 1.54) is 0 Å². The molecule has 0 saturated carbocycles. The second-order valence-corrected chi connectivity index (χ2v) is 6.51. The quantitative estimate of drug-likeness (QED) is 0.756. The molecule has 2 N–H and O–H groups in total. The van der Waals surface area contributed by atoms with Crippen molar-refractivity contribution in [3.05, 3.63) is 52.2 Å². The fourth-order valence-corrected chi connectivity index (χ4v) is 3.52. The predicted molar refractivity (Wildman–Crippen MR) is 84.8 cm³/mol. The molecule has 0 bridgehead atoms. The molecule has 0 aliphatic carbocycles. The van der Waals surface area contributed by atoms with Crippen LogP contribution in [0.2, 0.25) is 0 Å². The van der Waals surface area contributed by atoms with E-state index in [0.29, 0.717) is 11.4 Å². The Hall–Kier alpha value is -2.51. The van der Waals surface area contributed by atoms with Gasteiger partial charge < -0.3 is 10.2 Å². The van der Waals surface area contributed by atoms with E-state index >= 15 is 0 Å². The first-order valence-corrected chi connectivity index (χ1v) is 7.82. The van der Waals surface area contributed by atoms with Gasteiger partial charge in [0.05, 0.1) is 21.1 Å². The van der Waals surface area contributed by atoms with Gasteiger partial charge in [-0.2, -0.15) is 0 Å². The summed E-state index contributed by atoms with van der Waals surface area (Å²) in [6, 6.07) is 11.9. The van der Waals surface area contributed by atoms with Gasteiger partial charge in [0.25, 0.3) is 0 Å². The highest BCUT2D eigenvalue weighted by atomic mass is 32.1. The minimum atomic E-state index is -0.961. The number of hydrogen-bond donors (Lipinski definition) is 2. The monoisotopic (exact) mass is 331 g/mol. The number of aromatic carboxylic acids is 2. The van der Waals surface area contributed by atoms with Crippen molar-refractivity contribution in [2.75, 3.05) is 0 Å². The Balaban J connectivity index is 1.97. The van der Waals surface area contributed by atoms with Gasteiger partial charge in [-0.15, -0.1) is 22.7 Å². The fourth-order valence-electron chi connectivity index (χ4n) is 1.89. The van der Waals surface area contributed by atoms with Crippen molar-refractivity contribution < 1.29 is 19.8 Å². The molecule has 0 saturated heterocycles. The third-order valence-corrected chi connectivity index (χ3v) is 5.08. The Bertz CT molecular complexity index is 798. The van der Waals surface area contributed by atoms with Crippen molar-refractivity contribution in [1.82, 2.24) is 4.98 Å². The van der Waals surface area contributed by atoms with Gasteiger partial charge in [-0.3, -0.25) is 0 Å². The Morgan fingerprint density at radius 1 is 0.773 bits per heavy atom. The molecule has 110 valence electrons. The third-order valence-electron chi connectivity index (χ3n) is 2.89. The topological polar surface area (TPSA) is 87.5 Å². The number of thiophene rings is 2. The van der Waals surface area contributed by atoms with E-state index in [2.05, 4.69) is 4.98 Å². The van der Waals surface area contributed by atoms with Crippen LogP contribution in [0.4, 0.5) is 0 Å². The molecule has 0 radical (unpaired) electrons. The molecule has 7 heteroatoms. The molecule has 3 aromatic heterocycles. The number of carbonyl (C=O) groups is 2. The van der Waals surface area contributed by atoms with Gasteiger partial charge in [-0.1, -0.05) is 6.07 Å². The number of carboxylic acid groups (broad SMARTS) is 2. The van der Waals surface area contributed by atoms with Crippen LogP contribution >= 0.6 is 22.7 Å². The molecule has 22 heavy (non-hydrogen) atoms. The highest BCUT2D eigenvalue weighted by Crippen LogP contribution is 2.31. The van der Waals surface area contributed by atoms with Crippen molar-refractivity contribution in [3.63, 3.8) is 0 Å². The zero-order valence-electron chi connectivity index (χ0n) is 11.0. The van der Waals surface area contributed by atoms with Crippen molar-refractivity contribution in [2.24, 2.45) is 0 Å². The zero-order chi connectivity index (χ0) is 15.7. The molecule has 3 heterocycles. The number of hydrogen-bond acceptors (Lipinski definition) is 5. The number of nitrogens with zero attached hydrogens (tertiary/aromatic N) is 1. The van der Waals surface area contributed by atoms with Gasteiger partial charge in [0, 0.05) is 0 Å². The highest BCUT2D eigenvalue weighted by Gasteiger charge is 2.12. The summed E-state index contributed by atoms with van der Waals surface area (Å²) in [5.41, 5.74) is 1.33. The van der Waals surface area contributed by atoms with Gasteiger partial charge in [-0.05, 0) is 36.4 Å². The lowest BCUT2D eigenvalue weighted by Gasteiger charge is -2.00. The summed E-state index contributed by atoms with van der Waals surface area (Å²) in [5.74, 6) is -1.92. The lowest BCUT2D eigenvalue weighted by molar-refractivity contribution is 0.0691. The molecule has 0 aromatic carbocycles. The Morgan fingerprint density at radius 2 is 1.23 bits per heavy atom. The number of pyridine rings is 1. The normalized spacial score (nSPS) is 10.5. The maximum Gasteiger partial charge on any atom is 0.345 e. The van der Waals surface area contributed by atoms with E-state index in [9.17, 15) is 9.59 Å². The van der Waals surface area contributed by atoms with Crippen molar-refractivity contribution in [1.29, 1.82) is 0 Å². The first kappa shape index (κ1) is 14.4. The first-order valence-electron chi connectivity index (χ1n) is 6.18. The summed E-state index contributed by atoms with van der Waals surface area (Å²) in [7, 11) is 0. The summed E-state index contributed by atoms with van der Waals surface area (Å²) in [4.78, 5) is 28.4. The molecule has 0 spiro atoms. The van der Waals surface area contributed by atoms with Crippen LogP contribution in [0, 0.1) is 0 Å². The van der Waals surface area contributed by atoms with E-state index < -0.39 is 11.9 Å². The highest BCUT2D eigenvalue weighted by molar-refractivity contribution is 7.17. The lowest BCUT2D eigenvalue weighted by Crippen LogP contribution is -1.89. The largest absolute Gasteiger partial charge is 0.477 e. The SMILES string of the molecule is O=C(O)c1ccc(-c2cccc(-c3ccc(C(=O)O)s3)n2)s1. The Kier molecular flexibility index (Phi) is 3.74. The van der Waals surface area contributed by atoms with Crippen LogP contribution in [-0.2, 0) is 0 Å². The summed E-state index contributed by atoms with van der Waals surface area (Å²) < 4.78 is 0. The Labute approximate surface area is 133 Å². The van der Waals surface area contributed by atoms with Crippen LogP contribution in [0.3, 0.4) is 0 Å². The molecule has 3 aromatic rings. The maximum absolute atomic E-state index is 10.9. The summed E-state index contributed by atoms with van der Waals surface area (Å²) in [5, 5.41) is 17.9. The van der Waals surface area contributed by atoms with Gasteiger partial charge in [0.2, 0.25) is 0 Å². The first-order chi connectivity index (χ1) is 10.5. The van der Waals surface area contributed by atoms with E-state index in [1.54, 1.807) is 36.4 Å². The molecular formula is C15H9NO4S2. The molecule has 0 atom stereocenters. The van der Waals surface area contributed by atoms with Crippen molar-refractivity contribution in [2.45, 2.75) is 0 Å². The Morgan fingerprint density at radius 3 is 1.59 bits per heavy atom. The van der Waals surface area contributed by atoms with Gasteiger partial charge in [0.1, 0.15) is 9.75 Å². The molecule has 0 amide bonds. The number of carboxylic acids is 2. The van der Waals surface area contributed by atoms with Crippen molar-refractivity contribution >= 4 is 34.6 Å². The standard InChI is InChI=1S/C15H9NO4S2/c17-14(18)12-6-4-10(21-12)8-2-1-3-9(16-8)11-5-7-13(22-11)15(19)20/h1-7H,(H,17,18)(H,19,20). The summed E-state index contributed by atoms with van der Waals surface area (Å²) in [6.07, 6.45) is 0. The third kappa shape index (κ3) is 2.76. The van der Waals surface area contributed by atoms with Gasteiger partial charge in [0.15, 0.2) is 0 Å². The fraction of sp³-hybridized carbons (Fsp3) is 0. The molecule has 0 unspecified atom stereocenters. The second kappa shape index (κ2) is 5.70. The van der Waals surface area contributed by atoms with Gasteiger partial charge >= 0.3 is 11.9 Å². The van der Waals surface area contributed by atoms with Gasteiger partial charge in [-0.25, -0.2) is 14.6 Å². The molecule has 0 fully saturated rings. The van der Waals surface area contributed by atoms with Crippen LogP contribution in [-0.4, -0.2) is 27.1 Å². The molecule has 5 nitrogen and oxygen atoms in total. The molecular weight excluding hydrogens is 322 g/mol. The molecule has 0 aliphatic rings. The van der Waals surface area contributed by atoms with Crippen LogP contribution in [0.25, 0.3) is 21.1 Å². The molecule has 0 aliphatic heterocycles. The maximum atomic E-state index is 10.9. The van der Waals surface area contributed by atoms with E-state index in [4.69, 9.17) is 10.2 Å². The number of aromatic nitrogens is 1. The summed E-state index contributed by atoms with van der Waals surface area (Å²) in [6.45, 7) is 0. The van der Waals surface area contributed by atoms with Crippen molar-refractivity contribution in [3.8, 4) is 21.1 Å². The van der Waals surface area contributed by atoms with Crippen LogP contribution < -0.4 is 0 Å². The van der Waals surface area contributed by atoms with E-state index in [-0.39, 0.29) is 9.75 Å². The minimum absolute atomic E-state index is 0.256. The minimum Gasteiger partial charge on any atom is -0.477 e. The van der Waals surface area contributed by atoms with E-state index in [1.807, 2.05) is 6.07 Å². The van der Waals surface area contributed by atoms with Crippen LogP contribution in [0.15, 0.2) is 42.5 Å². The van der Waals surface area contributed by atoms with E-state index in [0.717, 1.165) is 32.4 Å². The summed E-state index contributed by atoms with van der Waals surface area (Å²) >= 11 is 2.31. The number of rotatable bonds is 4. The smallest absolute Gasteiger partial charge is 0.345 e.